The normalized spacial score (nSPS) is 25.5. The second kappa shape index (κ2) is 3.59. The van der Waals surface area contributed by atoms with Crippen LogP contribution in [-0.4, -0.2) is 34.6 Å². The Balaban J connectivity index is 2.54. The van der Waals surface area contributed by atoms with E-state index in [1.165, 1.54) is 0 Å². The Morgan fingerprint density at radius 3 is 2.83 bits per heavy atom. The molecule has 1 aliphatic rings. The maximum Gasteiger partial charge on any atom is 0.321 e. The van der Waals surface area contributed by atoms with Crippen LogP contribution in [0.15, 0.2) is 0 Å². The molecule has 0 saturated carbocycles. The molecule has 0 spiro atoms. The lowest BCUT2D eigenvalue weighted by Gasteiger charge is -2.42. The van der Waals surface area contributed by atoms with Crippen molar-refractivity contribution in [2.45, 2.75) is 31.8 Å². The summed E-state index contributed by atoms with van der Waals surface area (Å²) in [6.07, 6.45) is 6.47. The molecular formula is C9H13NO2. The molecular weight excluding hydrogens is 154 g/mol. The Bertz CT molecular complexity index is 219. The molecule has 1 aliphatic heterocycles. The molecule has 66 valence electrons. The third-order valence-corrected chi connectivity index (χ3v) is 2.37. The minimum absolute atomic E-state index is 0.305. The monoisotopic (exact) mass is 167 g/mol. The molecule has 0 amide bonds. The number of hydrogen-bond donors (Lipinski definition) is 1. The molecule has 2 atom stereocenters. The molecule has 0 aliphatic carbocycles. The van der Waals surface area contributed by atoms with Gasteiger partial charge in [-0.15, -0.1) is 12.3 Å². The number of hydrogen-bond acceptors (Lipinski definition) is 2. The van der Waals surface area contributed by atoms with Crippen LogP contribution in [0.25, 0.3) is 0 Å². The zero-order valence-electron chi connectivity index (χ0n) is 7.16. The van der Waals surface area contributed by atoms with Gasteiger partial charge in [0, 0.05) is 19.0 Å². The molecule has 2 unspecified atom stereocenters. The third-order valence-electron chi connectivity index (χ3n) is 2.37. The fourth-order valence-electron chi connectivity index (χ4n) is 1.46. The topological polar surface area (TPSA) is 40.5 Å². The van der Waals surface area contributed by atoms with E-state index < -0.39 is 12.0 Å². The summed E-state index contributed by atoms with van der Waals surface area (Å²) in [5, 5.41) is 8.82. The van der Waals surface area contributed by atoms with E-state index in [2.05, 4.69) is 5.92 Å². The highest BCUT2D eigenvalue weighted by Crippen LogP contribution is 2.21. The molecule has 0 aromatic heterocycles. The maximum atomic E-state index is 10.7. The Morgan fingerprint density at radius 2 is 2.58 bits per heavy atom. The van der Waals surface area contributed by atoms with E-state index in [0.717, 1.165) is 13.0 Å². The van der Waals surface area contributed by atoms with E-state index in [-0.39, 0.29) is 0 Å². The molecule has 3 nitrogen and oxygen atoms in total. The van der Waals surface area contributed by atoms with E-state index in [4.69, 9.17) is 11.5 Å². The van der Waals surface area contributed by atoms with Crippen LogP contribution in [0.2, 0.25) is 0 Å². The number of likely N-dealkylation sites (tertiary alicyclic amines) is 1. The Kier molecular flexibility index (Phi) is 2.72. The SMILES string of the molecule is C#CCC(C(=O)O)N1CCC1C. The molecule has 0 aromatic rings. The fourth-order valence-corrected chi connectivity index (χ4v) is 1.46. The summed E-state index contributed by atoms with van der Waals surface area (Å²) >= 11 is 0. The van der Waals surface area contributed by atoms with Crippen LogP contribution >= 0.6 is 0 Å². The van der Waals surface area contributed by atoms with Crippen molar-refractivity contribution in [3.63, 3.8) is 0 Å². The zero-order valence-corrected chi connectivity index (χ0v) is 7.16. The second-order valence-electron chi connectivity index (χ2n) is 3.14. The predicted molar refractivity (Wildman–Crippen MR) is 45.7 cm³/mol. The fraction of sp³-hybridized carbons (Fsp3) is 0.667. The first-order chi connectivity index (χ1) is 5.66. The van der Waals surface area contributed by atoms with Crippen LogP contribution in [-0.2, 0) is 4.79 Å². The summed E-state index contributed by atoms with van der Waals surface area (Å²) in [7, 11) is 0. The van der Waals surface area contributed by atoms with Gasteiger partial charge in [-0.25, -0.2) is 0 Å². The van der Waals surface area contributed by atoms with Crippen molar-refractivity contribution < 1.29 is 9.90 Å². The van der Waals surface area contributed by atoms with Crippen molar-refractivity contribution in [3.05, 3.63) is 0 Å². The first-order valence-corrected chi connectivity index (χ1v) is 4.09. The van der Waals surface area contributed by atoms with Gasteiger partial charge in [-0.2, -0.15) is 0 Å². The van der Waals surface area contributed by atoms with Crippen LogP contribution in [0, 0.1) is 12.3 Å². The van der Waals surface area contributed by atoms with Gasteiger partial charge >= 0.3 is 5.97 Å². The molecule has 1 saturated heterocycles. The molecule has 12 heavy (non-hydrogen) atoms. The minimum atomic E-state index is -0.806. The molecule has 0 aromatic carbocycles. The van der Waals surface area contributed by atoms with E-state index in [9.17, 15) is 4.79 Å². The maximum absolute atomic E-state index is 10.7. The third kappa shape index (κ3) is 1.59. The van der Waals surface area contributed by atoms with Gasteiger partial charge in [0.1, 0.15) is 6.04 Å². The van der Waals surface area contributed by atoms with Gasteiger partial charge in [-0.05, 0) is 13.3 Å². The van der Waals surface area contributed by atoms with Gasteiger partial charge in [0.05, 0.1) is 0 Å². The second-order valence-corrected chi connectivity index (χ2v) is 3.14. The summed E-state index contributed by atoms with van der Waals surface area (Å²) in [6.45, 7) is 2.88. The van der Waals surface area contributed by atoms with Crippen LogP contribution in [0.1, 0.15) is 19.8 Å². The van der Waals surface area contributed by atoms with Gasteiger partial charge in [0.15, 0.2) is 0 Å². The van der Waals surface area contributed by atoms with E-state index in [1.54, 1.807) is 0 Å². The molecule has 1 rings (SSSR count). The molecule has 1 fully saturated rings. The van der Waals surface area contributed by atoms with Gasteiger partial charge in [0.25, 0.3) is 0 Å². The standard InChI is InChI=1S/C9H13NO2/c1-3-4-8(9(11)12)10-6-5-7(10)2/h1,7-8H,4-6H2,2H3,(H,11,12). The van der Waals surface area contributed by atoms with Gasteiger partial charge < -0.3 is 5.11 Å². The molecule has 1 heterocycles. The molecule has 1 N–H and O–H groups in total. The average Bonchev–Trinajstić information content (AvgIpc) is 2.01. The summed E-state index contributed by atoms with van der Waals surface area (Å²) in [5.41, 5.74) is 0. The Morgan fingerprint density at radius 1 is 1.92 bits per heavy atom. The lowest BCUT2D eigenvalue weighted by Crippen LogP contribution is -2.54. The van der Waals surface area contributed by atoms with Crippen LogP contribution < -0.4 is 0 Å². The van der Waals surface area contributed by atoms with Crippen LogP contribution in [0.4, 0.5) is 0 Å². The number of terminal acetylenes is 1. The van der Waals surface area contributed by atoms with Gasteiger partial charge in [0.2, 0.25) is 0 Å². The van der Waals surface area contributed by atoms with Gasteiger partial charge in [-0.1, -0.05) is 0 Å². The minimum Gasteiger partial charge on any atom is -0.480 e. The van der Waals surface area contributed by atoms with Crippen molar-refractivity contribution in [1.29, 1.82) is 0 Å². The predicted octanol–water partition coefficient (Wildman–Crippen LogP) is 0.557. The molecule has 0 bridgehead atoms. The number of nitrogens with zero attached hydrogens (tertiary/aromatic N) is 1. The van der Waals surface area contributed by atoms with Crippen molar-refractivity contribution in [2.75, 3.05) is 6.54 Å². The number of carboxylic acids is 1. The summed E-state index contributed by atoms with van der Waals surface area (Å²) < 4.78 is 0. The smallest absolute Gasteiger partial charge is 0.321 e. The summed E-state index contributed by atoms with van der Waals surface area (Å²) in [4.78, 5) is 12.7. The molecule has 3 heteroatoms. The van der Waals surface area contributed by atoms with Crippen molar-refractivity contribution >= 4 is 5.97 Å². The van der Waals surface area contributed by atoms with Crippen molar-refractivity contribution in [3.8, 4) is 12.3 Å². The lowest BCUT2D eigenvalue weighted by molar-refractivity contribution is -0.146. The van der Waals surface area contributed by atoms with Crippen molar-refractivity contribution in [2.24, 2.45) is 0 Å². The Labute approximate surface area is 72.4 Å². The highest BCUT2D eigenvalue weighted by atomic mass is 16.4. The first-order valence-electron chi connectivity index (χ1n) is 4.09. The van der Waals surface area contributed by atoms with Crippen LogP contribution in [0.5, 0.6) is 0 Å². The number of carbonyl (C=O) groups is 1. The lowest BCUT2D eigenvalue weighted by atomic mass is 10.00. The zero-order chi connectivity index (χ0) is 9.14. The van der Waals surface area contributed by atoms with E-state index >= 15 is 0 Å². The number of rotatable bonds is 3. The van der Waals surface area contributed by atoms with Gasteiger partial charge in [-0.3, -0.25) is 9.69 Å². The number of carboxylic acid groups (broad SMARTS) is 1. The largest absolute Gasteiger partial charge is 0.480 e. The quantitative estimate of drug-likeness (QED) is 0.624. The summed E-state index contributed by atoms with van der Waals surface area (Å²) in [5.74, 6) is 1.59. The highest BCUT2D eigenvalue weighted by Gasteiger charge is 2.34. The highest BCUT2D eigenvalue weighted by molar-refractivity contribution is 5.74. The van der Waals surface area contributed by atoms with E-state index in [1.807, 2.05) is 11.8 Å². The molecule has 0 radical (unpaired) electrons. The van der Waals surface area contributed by atoms with Crippen LogP contribution in [0.3, 0.4) is 0 Å². The number of aliphatic carboxylic acids is 1. The summed E-state index contributed by atoms with van der Waals surface area (Å²) in [6, 6.07) is -0.0989. The first kappa shape index (κ1) is 9.08. The van der Waals surface area contributed by atoms with Crippen molar-refractivity contribution in [1.82, 2.24) is 4.90 Å². The average molecular weight is 167 g/mol. The Hall–Kier alpha value is -1.01. The van der Waals surface area contributed by atoms with E-state index in [0.29, 0.717) is 12.5 Å².